The molecule has 4 rings (SSSR count). The third-order valence-electron chi connectivity index (χ3n) is 5.68. The predicted molar refractivity (Wildman–Crippen MR) is 123 cm³/mol. The third kappa shape index (κ3) is 5.31. The van der Waals surface area contributed by atoms with Gasteiger partial charge in [0.2, 0.25) is 15.9 Å². The second kappa shape index (κ2) is 9.87. The molecule has 0 radical (unpaired) electrons. The molecule has 2 aliphatic heterocycles. The van der Waals surface area contributed by atoms with Crippen LogP contribution in [0.3, 0.4) is 0 Å². The number of hydrogen-bond donors (Lipinski definition) is 1. The lowest BCUT2D eigenvalue weighted by molar-refractivity contribution is -0.126. The highest BCUT2D eigenvalue weighted by Crippen LogP contribution is 2.31. The summed E-state index contributed by atoms with van der Waals surface area (Å²) in [5.74, 6) is 0.751. The highest BCUT2D eigenvalue weighted by molar-refractivity contribution is 7.88. The summed E-state index contributed by atoms with van der Waals surface area (Å²) < 4.78 is 38.6. The Hall–Kier alpha value is -2.00. The molecule has 1 unspecified atom stereocenters. The molecular formula is C22H24Cl2N2O5S. The highest BCUT2D eigenvalue weighted by atomic mass is 35.5. The maximum atomic E-state index is 12.8. The number of rotatable bonds is 6. The van der Waals surface area contributed by atoms with E-state index in [4.69, 9.17) is 32.7 Å². The van der Waals surface area contributed by atoms with Gasteiger partial charge in [-0.1, -0.05) is 41.4 Å². The first kappa shape index (κ1) is 23.2. The van der Waals surface area contributed by atoms with Gasteiger partial charge < -0.3 is 14.8 Å². The van der Waals surface area contributed by atoms with Gasteiger partial charge in [-0.3, -0.25) is 4.79 Å². The lowest BCUT2D eigenvalue weighted by atomic mass is 9.97. The van der Waals surface area contributed by atoms with Crippen molar-refractivity contribution >= 4 is 39.1 Å². The highest BCUT2D eigenvalue weighted by Gasteiger charge is 2.32. The van der Waals surface area contributed by atoms with Crippen molar-refractivity contribution in [1.29, 1.82) is 0 Å². The lowest BCUT2D eigenvalue weighted by Crippen LogP contribution is -2.46. The Morgan fingerprint density at radius 3 is 2.38 bits per heavy atom. The molecule has 2 aromatic carbocycles. The summed E-state index contributed by atoms with van der Waals surface area (Å²) in [7, 11) is -3.59. The molecule has 1 atom stereocenters. The number of benzene rings is 2. The molecule has 7 nitrogen and oxygen atoms in total. The first-order valence-electron chi connectivity index (χ1n) is 10.4. The fraction of sp³-hybridized carbons (Fsp3) is 0.409. The fourth-order valence-corrected chi connectivity index (χ4v) is 6.18. The van der Waals surface area contributed by atoms with E-state index in [0.29, 0.717) is 53.1 Å². The monoisotopic (exact) mass is 498 g/mol. The molecule has 0 spiro atoms. The van der Waals surface area contributed by atoms with Crippen LogP contribution in [0.15, 0.2) is 42.5 Å². The minimum absolute atomic E-state index is 0.0985. The van der Waals surface area contributed by atoms with Crippen LogP contribution >= 0.6 is 23.2 Å². The molecule has 2 aromatic rings. The number of carbonyl (C=O) groups excluding carboxylic acids is 1. The zero-order valence-corrected chi connectivity index (χ0v) is 19.6. The average Bonchev–Trinajstić information content (AvgIpc) is 2.80. The van der Waals surface area contributed by atoms with E-state index in [-0.39, 0.29) is 36.8 Å². The maximum absolute atomic E-state index is 12.8. The van der Waals surface area contributed by atoms with Crippen LogP contribution in [-0.4, -0.2) is 51.0 Å². The Balaban J connectivity index is 1.26. The molecule has 0 aromatic heterocycles. The van der Waals surface area contributed by atoms with Crippen molar-refractivity contribution in [1.82, 2.24) is 9.62 Å². The molecule has 2 heterocycles. The summed E-state index contributed by atoms with van der Waals surface area (Å²) in [4.78, 5) is 12.6. The van der Waals surface area contributed by atoms with Crippen molar-refractivity contribution in [2.75, 3.05) is 26.2 Å². The molecule has 172 valence electrons. The fourth-order valence-electron chi connectivity index (χ4n) is 3.86. The molecular weight excluding hydrogens is 475 g/mol. The van der Waals surface area contributed by atoms with E-state index in [2.05, 4.69) is 5.32 Å². The Morgan fingerprint density at radius 1 is 1.03 bits per heavy atom. The number of nitrogens with one attached hydrogen (secondary N) is 1. The largest absolute Gasteiger partial charge is 0.486 e. The van der Waals surface area contributed by atoms with Gasteiger partial charge in [0.05, 0.1) is 12.3 Å². The van der Waals surface area contributed by atoms with E-state index >= 15 is 0 Å². The van der Waals surface area contributed by atoms with E-state index < -0.39 is 10.0 Å². The van der Waals surface area contributed by atoms with Crippen LogP contribution in [-0.2, 0) is 20.6 Å². The normalized spacial score (nSPS) is 19.5. The summed E-state index contributed by atoms with van der Waals surface area (Å²) in [5, 5.41) is 3.57. The van der Waals surface area contributed by atoms with Gasteiger partial charge in [-0.2, -0.15) is 0 Å². The number of halogens is 2. The minimum atomic E-state index is -3.59. The van der Waals surface area contributed by atoms with E-state index in [9.17, 15) is 13.2 Å². The molecule has 1 amide bonds. The summed E-state index contributed by atoms with van der Waals surface area (Å²) in [6.45, 7) is 1.24. The van der Waals surface area contributed by atoms with Crippen LogP contribution in [0.5, 0.6) is 11.5 Å². The van der Waals surface area contributed by atoms with E-state index in [0.717, 1.165) is 0 Å². The number of piperidine rings is 1. The number of ether oxygens (including phenoxy) is 2. The van der Waals surface area contributed by atoms with Gasteiger partial charge in [-0.15, -0.1) is 0 Å². The van der Waals surface area contributed by atoms with Crippen LogP contribution in [0.2, 0.25) is 10.0 Å². The van der Waals surface area contributed by atoms with Crippen molar-refractivity contribution in [3.05, 3.63) is 58.1 Å². The number of hydrogen-bond acceptors (Lipinski definition) is 5. The van der Waals surface area contributed by atoms with E-state index in [1.54, 1.807) is 18.2 Å². The molecule has 0 aliphatic carbocycles. The number of sulfonamides is 1. The first-order chi connectivity index (χ1) is 15.3. The van der Waals surface area contributed by atoms with Crippen LogP contribution in [0.1, 0.15) is 18.4 Å². The van der Waals surface area contributed by atoms with Crippen molar-refractivity contribution in [3.63, 3.8) is 0 Å². The van der Waals surface area contributed by atoms with E-state index in [1.165, 1.54) is 4.31 Å². The van der Waals surface area contributed by atoms with Crippen LogP contribution in [0.4, 0.5) is 0 Å². The maximum Gasteiger partial charge on any atom is 0.223 e. The summed E-state index contributed by atoms with van der Waals surface area (Å²) in [6, 6.07) is 12.3. The number of amides is 1. The molecule has 1 saturated heterocycles. The van der Waals surface area contributed by atoms with Crippen molar-refractivity contribution in [3.8, 4) is 11.5 Å². The van der Waals surface area contributed by atoms with Gasteiger partial charge in [0.25, 0.3) is 0 Å². The summed E-state index contributed by atoms with van der Waals surface area (Å²) in [5.41, 5.74) is 0.395. The smallest absolute Gasteiger partial charge is 0.223 e. The molecule has 1 fully saturated rings. The number of nitrogens with zero attached hydrogens (tertiary/aromatic N) is 1. The zero-order valence-electron chi connectivity index (χ0n) is 17.3. The number of carbonyl (C=O) groups is 1. The molecule has 10 heteroatoms. The number of fused-ring (bicyclic) bond motifs is 1. The van der Waals surface area contributed by atoms with Gasteiger partial charge in [0.1, 0.15) is 12.7 Å². The lowest BCUT2D eigenvalue weighted by Gasteiger charge is -2.31. The molecule has 0 saturated carbocycles. The zero-order chi connectivity index (χ0) is 22.7. The Bertz CT molecular complexity index is 1070. The van der Waals surface area contributed by atoms with Crippen molar-refractivity contribution in [2.24, 2.45) is 5.92 Å². The average molecular weight is 499 g/mol. The SMILES string of the molecule is O=C(NCC1COc2ccccc2O1)C1CCN(S(=O)(=O)Cc2c(Cl)cccc2Cl)CC1. The van der Waals surface area contributed by atoms with E-state index in [1.807, 2.05) is 24.3 Å². The Labute approximate surface area is 197 Å². The van der Waals surface area contributed by atoms with Gasteiger partial charge in [-0.25, -0.2) is 12.7 Å². The van der Waals surface area contributed by atoms with Crippen molar-refractivity contribution in [2.45, 2.75) is 24.7 Å². The topological polar surface area (TPSA) is 84.9 Å². The summed E-state index contributed by atoms with van der Waals surface area (Å²) >= 11 is 12.3. The summed E-state index contributed by atoms with van der Waals surface area (Å²) in [6.07, 6.45) is 0.632. The second-order valence-corrected chi connectivity index (χ2v) is 10.7. The molecule has 0 bridgehead atoms. The van der Waals surface area contributed by atoms with Crippen molar-refractivity contribution < 1.29 is 22.7 Å². The van der Waals surface area contributed by atoms with Gasteiger partial charge in [0, 0.05) is 34.6 Å². The first-order valence-corrected chi connectivity index (χ1v) is 12.8. The Kier molecular flexibility index (Phi) is 7.14. The third-order valence-corrected chi connectivity index (χ3v) is 8.19. The Morgan fingerprint density at radius 2 is 1.69 bits per heavy atom. The van der Waals surface area contributed by atoms with Gasteiger partial charge >= 0.3 is 0 Å². The van der Waals surface area contributed by atoms with Crippen LogP contribution in [0, 0.1) is 5.92 Å². The quantitative estimate of drug-likeness (QED) is 0.658. The van der Waals surface area contributed by atoms with Crippen LogP contribution < -0.4 is 14.8 Å². The van der Waals surface area contributed by atoms with Crippen LogP contribution in [0.25, 0.3) is 0 Å². The molecule has 1 N–H and O–H groups in total. The predicted octanol–water partition coefficient (Wildman–Crippen LogP) is 3.49. The van der Waals surface area contributed by atoms with Gasteiger partial charge in [-0.05, 0) is 37.1 Å². The number of para-hydroxylation sites is 2. The minimum Gasteiger partial charge on any atom is -0.486 e. The molecule has 2 aliphatic rings. The molecule has 32 heavy (non-hydrogen) atoms. The van der Waals surface area contributed by atoms with Gasteiger partial charge in [0.15, 0.2) is 11.5 Å². The standard InChI is InChI=1S/C22H24Cl2N2O5S/c23-18-4-3-5-19(24)17(18)14-32(28,29)26-10-8-15(9-11-26)22(27)25-12-16-13-30-20-6-1-2-7-21(20)31-16/h1-7,15-16H,8-14H2,(H,25,27). The second-order valence-electron chi connectivity index (χ2n) is 7.87.